The number of methoxy groups -OCH3 is 1. The molecule has 0 saturated carbocycles. The summed E-state index contributed by atoms with van der Waals surface area (Å²) in [5.41, 5.74) is 2.52. The molecule has 0 N–H and O–H groups in total. The molecule has 1 atom stereocenters. The number of nitrogens with zero attached hydrogens (tertiary/aromatic N) is 3. The highest BCUT2D eigenvalue weighted by molar-refractivity contribution is 6.06. The van der Waals surface area contributed by atoms with Crippen LogP contribution in [0.2, 0.25) is 0 Å². The van der Waals surface area contributed by atoms with Gasteiger partial charge in [0.2, 0.25) is 5.88 Å². The van der Waals surface area contributed by atoms with Crippen molar-refractivity contribution in [2.75, 3.05) is 33.8 Å². The smallest absolute Gasteiger partial charge is 0.263 e. The number of aromatic nitrogens is 1. The van der Waals surface area contributed by atoms with Gasteiger partial charge in [-0.2, -0.15) is 0 Å². The highest BCUT2D eigenvalue weighted by Crippen LogP contribution is 2.39. The Hall–Kier alpha value is -3.61. The second kappa shape index (κ2) is 11.0. The Kier molecular flexibility index (Phi) is 7.54. The van der Waals surface area contributed by atoms with E-state index in [1.165, 1.54) is 0 Å². The molecule has 7 heteroatoms. The minimum absolute atomic E-state index is 0.00592. The highest BCUT2D eigenvalue weighted by atomic mass is 16.5. The predicted molar refractivity (Wildman–Crippen MR) is 148 cm³/mol. The molecule has 1 fully saturated rings. The van der Waals surface area contributed by atoms with Crippen LogP contribution in [0.1, 0.15) is 54.9 Å². The van der Waals surface area contributed by atoms with Gasteiger partial charge in [-0.1, -0.05) is 42.8 Å². The molecule has 0 radical (unpaired) electrons. The summed E-state index contributed by atoms with van der Waals surface area (Å²) in [7, 11) is 3.45. The second-order valence-corrected chi connectivity index (χ2v) is 10.8. The van der Waals surface area contributed by atoms with Gasteiger partial charge in [-0.15, -0.1) is 0 Å². The number of aryl methyl sites for hydroxylation is 1. The van der Waals surface area contributed by atoms with E-state index in [4.69, 9.17) is 9.47 Å². The quantitative estimate of drug-likeness (QED) is 0.474. The molecule has 2 aromatic carbocycles. The van der Waals surface area contributed by atoms with Crippen LogP contribution in [0.5, 0.6) is 11.6 Å². The Morgan fingerprint density at radius 2 is 1.79 bits per heavy atom. The normalized spacial score (nSPS) is 20.3. The SMILES string of the molecule is COc1cc(C(=O)N2CCC3(CCCCc4ccccc4O[C@H](C)C(=O)N(C)C3)CC2)c2ccccc2n1. The van der Waals surface area contributed by atoms with Crippen LogP contribution in [0.25, 0.3) is 10.9 Å². The third-order valence-corrected chi connectivity index (χ3v) is 8.22. The van der Waals surface area contributed by atoms with E-state index in [-0.39, 0.29) is 17.2 Å². The molecule has 5 rings (SSSR count). The standard InChI is InChI=1S/C31H37N3O4/c1-22-29(35)33(2)21-31(15-9-8-11-23-10-4-7-14-27(23)38-22)16-18-34(19-17-31)30(36)25-20-28(37-3)32-26-13-6-5-12-24(25)26/h4-7,10,12-14,20,22H,8-9,11,15-19,21H2,1-3H3/t22-/m1/s1. The zero-order valence-electron chi connectivity index (χ0n) is 22.6. The summed E-state index contributed by atoms with van der Waals surface area (Å²) >= 11 is 0. The molecule has 3 aromatic rings. The molecule has 38 heavy (non-hydrogen) atoms. The highest BCUT2D eigenvalue weighted by Gasteiger charge is 2.38. The largest absolute Gasteiger partial charge is 0.481 e. The molecule has 0 unspecified atom stereocenters. The summed E-state index contributed by atoms with van der Waals surface area (Å²) in [5.74, 6) is 1.25. The van der Waals surface area contributed by atoms with Gasteiger partial charge in [0.25, 0.3) is 11.8 Å². The third-order valence-electron chi connectivity index (χ3n) is 8.22. The van der Waals surface area contributed by atoms with Gasteiger partial charge in [-0.25, -0.2) is 4.98 Å². The average Bonchev–Trinajstić information content (AvgIpc) is 2.94. The van der Waals surface area contributed by atoms with Gasteiger partial charge in [0.1, 0.15) is 5.75 Å². The Balaban J connectivity index is 1.34. The lowest BCUT2D eigenvalue weighted by Crippen LogP contribution is -2.50. The lowest BCUT2D eigenvalue weighted by atomic mass is 9.73. The zero-order valence-corrected chi connectivity index (χ0v) is 22.6. The number of likely N-dealkylation sites (N-methyl/N-ethyl adjacent to an activating group) is 1. The van der Waals surface area contributed by atoms with Crippen LogP contribution < -0.4 is 9.47 Å². The van der Waals surface area contributed by atoms with Crippen molar-refractivity contribution in [1.29, 1.82) is 0 Å². The van der Waals surface area contributed by atoms with Crippen LogP contribution in [0.4, 0.5) is 0 Å². The molecule has 1 spiro atoms. The molecular weight excluding hydrogens is 478 g/mol. The summed E-state index contributed by atoms with van der Waals surface area (Å²) in [6.07, 6.45) is 5.30. The zero-order chi connectivity index (χ0) is 26.7. The predicted octanol–water partition coefficient (Wildman–Crippen LogP) is 5.12. The fourth-order valence-corrected chi connectivity index (χ4v) is 6.05. The topological polar surface area (TPSA) is 72.0 Å². The first kappa shape index (κ1) is 26.0. The molecule has 1 aromatic heterocycles. The van der Waals surface area contributed by atoms with Crippen molar-refractivity contribution in [3.63, 3.8) is 0 Å². The summed E-state index contributed by atoms with van der Waals surface area (Å²) < 4.78 is 11.5. The number of hydrogen-bond acceptors (Lipinski definition) is 5. The van der Waals surface area contributed by atoms with E-state index in [1.807, 2.05) is 66.2 Å². The van der Waals surface area contributed by atoms with Crippen molar-refractivity contribution >= 4 is 22.7 Å². The first-order valence-electron chi connectivity index (χ1n) is 13.6. The maximum atomic E-state index is 13.7. The summed E-state index contributed by atoms with van der Waals surface area (Å²) in [6, 6.07) is 17.5. The number of pyridine rings is 1. The molecule has 2 aliphatic heterocycles. The van der Waals surface area contributed by atoms with Gasteiger partial charge in [0, 0.05) is 38.1 Å². The molecule has 1 saturated heterocycles. The number of carbonyl (C=O) groups excluding carboxylic acids is 2. The van der Waals surface area contributed by atoms with Gasteiger partial charge < -0.3 is 19.3 Å². The fourth-order valence-electron chi connectivity index (χ4n) is 6.05. The van der Waals surface area contributed by atoms with E-state index in [0.717, 1.165) is 60.7 Å². The van der Waals surface area contributed by atoms with E-state index < -0.39 is 6.10 Å². The first-order chi connectivity index (χ1) is 18.4. The minimum Gasteiger partial charge on any atom is -0.481 e. The summed E-state index contributed by atoms with van der Waals surface area (Å²) in [5, 5.41) is 0.837. The number of benzene rings is 2. The van der Waals surface area contributed by atoms with Crippen molar-refractivity contribution in [1.82, 2.24) is 14.8 Å². The molecule has 200 valence electrons. The number of fused-ring (bicyclic) bond motifs is 2. The number of ether oxygens (including phenoxy) is 2. The molecular formula is C31H37N3O4. The van der Waals surface area contributed by atoms with E-state index in [0.29, 0.717) is 31.1 Å². The number of rotatable bonds is 2. The van der Waals surface area contributed by atoms with E-state index in [9.17, 15) is 9.59 Å². The van der Waals surface area contributed by atoms with Gasteiger partial charge in [0.05, 0.1) is 18.2 Å². The second-order valence-electron chi connectivity index (χ2n) is 10.8. The van der Waals surface area contributed by atoms with Gasteiger partial charge >= 0.3 is 0 Å². The van der Waals surface area contributed by atoms with Crippen LogP contribution in [0.15, 0.2) is 54.6 Å². The van der Waals surface area contributed by atoms with Gasteiger partial charge in [-0.05, 0) is 62.1 Å². The van der Waals surface area contributed by atoms with Crippen molar-refractivity contribution in [3.05, 3.63) is 65.7 Å². The van der Waals surface area contributed by atoms with E-state index in [1.54, 1.807) is 13.2 Å². The average molecular weight is 516 g/mol. The van der Waals surface area contributed by atoms with Crippen LogP contribution in [-0.4, -0.2) is 66.5 Å². The number of amides is 2. The minimum atomic E-state index is -0.547. The summed E-state index contributed by atoms with van der Waals surface area (Å²) in [4.78, 5) is 35.2. The Morgan fingerprint density at radius 1 is 1.05 bits per heavy atom. The lowest BCUT2D eigenvalue weighted by molar-refractivity contribution is -0.138. The number of likely N-dealkylation sites (tertiary alicyclic amines) is 1. The molecule has 2 aliphatic rings. The monoisotopic (exact) mass is 515 g/mol. The maximum absolute atomic E-state index is 13.7. The first-order valence-corrected chi connectivity index (χ1v) is 13.6. The summed E-state index contributed by atoms with van der Waals surface area (Å²) in [6.45, 7) is 3.83. The number of piperidine rings is 1. The molecule has 0 bridgehead atoms. The third kappa shape index (κ3) is 5.33. The Labute approximate surface area is 224 Å². The molecule has 7 nitrogen and oxygen atoms in total. The molecule has 3 heterocycles. The van der Waals surface area contributed by atoms with E-state index in [2.05, 4.69) is 11.1 Å². The molecule has 2 amide bonds. The van der Waals surface area contributed by atoms with Crippen LogP contribution in [-0.2, 0) is 11.2 Å². The Bertz CT molecular complexity index is 1320. The van der Waals surface area contributed by atoms with Gasteiger partial charge in [-0.3, -0.25) is 9.59 Å². The molecule has 0 aliphatic carbocycles. The van der Waals surface area contributed by atoms with E-state index >= 15 is 0 Å². The van der Waals surface area contributed by atoms with Crippen molar-refractivity contribution in [3.8, 4) is 11.6 Å². The van der Waals surface area contributed by atoms with Crippen LogP contribution in [0, 0.1) is 5.41 Å². The maximum Gasteiger partial charge on any atom is 0.263 e. The van der Waals surface area contributed by atoms with Crippen molar-refractivity contribution in [2.45, 2.75) is 51.6 Å². The van der Waals surface area contributed by atoms with Crippen LogP contribution >= 0.6 is 0 Å². The Morgan fingerprint density at radius 3 is 2.58 bits per heavy atom. The number of carbonyl (C=O) groups is 2. The van der Waals surface area contributed by atoms with Gasteiger partial charge in [0.15, 0.2) is 6.10 Å². The number of hydrogen-bond donors (Lipinski definition) is 0. The van der Waals surface area contributed by atoms with Crippen LogP contribution in [0.3, 0.4) is 0 Å². The fraction of sp³-hybridized carbons (Fsp3) is 0.452. The van der Waals surface area contributed by atoms with Crippen molar-refractivity contribution < 1.29 is 19.1 Å². The lowest BCUT2D eigenvalue weighted by Gasteiger charge is -2.44. The number of para-hydroxylation sites is 2. The van der Waals surface area contributed by atoms with Crippen molar-refractivity contribution in [2.24, 2.45) is 5.41 Å².